The van der Waals surface area contributed by atoms with E-state index in [0.29, 0.717) is 23.6 Å². The predicted molar refractivity (Wildman–Crippen MR) is 108 cm³/mol. The number of carbonyl (C=O) groups is 1. The molecule has 7 heteroatoms. The summed E-state index contributed by atoms with van der Waals surface area (Å²) in [5.74, 6) is 0.286. The molecule has 141 valence electrons. The van der Waals surface area contributed by atoms with E-state index in [0.717, 1.165) is 12.8 Å². The van der Waals surface area contributed by atoms with Crippen LogP contribution in [0.25, 0.3) is 0 Å². The van der Waals surface area contributed by atoms with Crippen LogP contribution in [0.15, 0.2) is 12.2 Å². The first-order valence-corrected chi connectivity index (χ1v) is 17.0. The molecule has 1 atom stereocenters. The van der Waals surface area contributed by atoms with Crippen LogP contribution in [0.2, 0.25) is 44.8 Å². The third kappa shape index (κ3) is 10.6. The molecular formula is C17H37O4Si3. The van der Waals surface area contributed by atoms with Crippen LogP contribution in [0, 0.1) is 5.92 Å². The van der Waals surface area contributed by atoms with Crippen molar-refractivity contribution < 1.29 is 17.8 Å². The number of hydrogen-bond acceptors (Lipinski definition) is 4. The van der Waals surface area contributed by atoms with Gasteiger partial charge in [-0.25, -0.2) is 4.79 Å². The molecule has 0 aromatic carbocycles. The van der Waals surface area contributed by atoms with E-state index < -0.39 is 25.9 Å². The van der Waals surface area contributed by atoms with Gasteiger partial charge in [-0.2, -0.15) is 0 Å². The van der Waals surface area contributed by atoms with Gasteiger partial charge in [-0.1, -0.05) is 20.4 Å². The zero-order valence-corrected chi connectivity index (χ0v) is 20.1. The van der Waals surface area contributed by atoms with Crippen molar-refractivity contribution >= 4 is 31.9 Å². The number of carbonyl (C=O) groups excluding carboxylic acids is 1. The average Bonchev–Trinajstić information content (AvgIpc) is 2.33. The van der Waals surface area contributed by atoms with Crippen molar-refractivity contribution in [1.29, 1.82) is 0 Å². The summed E-state index contributed by atoms with van der Waals surface area (Å²) in [6.07, 6.45) is 1.93. The average molecular weight is 390 g/mol. The molecule has 0 aliphatic carbocycles. The standard InChI is InChI=1S/C17H37O4Si3/c1-14(2)13-16(11-12-19-17(18)15(3)4)24(9,10)21-22(5)20-23(6,7)8/h14,16H,3,11-13H2,1-2,4-10H3. The summed E-state index contributed by atoms with van der Waals surface area (Å²) in [5, 5.41) is 0. The van der Waals surface area contributed by atoms with E-state index in [1.165, 1.54) is 0 Å². The van der Waals surface area contributed by atoms with Crippen molar-refractivity contribution in [1.82, 2.24) is 0 Å². The summed E-state index contributed by atoms with van der Waals surface area (Å²) < 4.78 is 17.9. The SMILES string of the molecule is C=C(C)C(=O)OCCC(CC(C)C)[Si](C)(C)O[Si](C)O[Si](C)(C)C. The molecular weight excluding hydrogens is 352 g/mol. The van der Waals surface area contributed by atoms with Crippen molar-refractivity contribution in [2.45, 2.75) is 78.4 Å². The first kappa shape index (κ1) is 23.8. The third-order valence-corrected chi connectivity index (χ3v) is 13.0. The molecule has 0 aliphatic heterocycles. The van der Waals surface area contributed by atoms with E-state index in [1.807, 2.05) is 0 Å². The quantitative estimate of drug-likeness (QED) is 0.280. The fourth-order valence-corrected chi connectivity index (χ4v) is 12.1. The molecule has 0 bridgehead atoms. The van der Waals surface area contributed by atoms with Crippen LogP contribution in [-0.2, 0) is 17.8 Å². The molecule has 0 aromatic heterocycles. The van der Waals surface area contributed by atoms with E-state index in [2.05, 4.69) is 59.7 Å². The molecule has 1 unspecified atom stereocenters. The lowest BCUT2D eigenvalue weighted by atomic mass is 10.1. The molecule has 1 radical (unpaired) electrons. The molecule has 0 fully saturated rings. The van der Waals surface area contributed by atoms with Crippen LogP contribution in [0.5, 0.6) is 0 Å². The maximum atomic E-state index is 11.6. The Balaban J connectivity index is 4.80. The van der Waals surface area contributed by atoms with Crippen molar-refractivity contribution in [3.8, 4) is 0 Å². The molecule has 0 spiro atoms. The highest BCUT2D eigenvalue weighted by molar-refractivity contribution is 6.81. The Morgan fingerprint density at radius 2 is 1.67 bits per heavy atom. The Morgan fingerprint density at radius 1 is 1.12 bits per heavy atom. The molecule has 0 aliphatic rings. The summed E-state index contributed by atoms with van der Waals surface area (Å²) in [6, 6.07) is 0. The topological polar surface area (TPSA) is 44.8 Å². The summed E-state index contributed by atoms with van der Waals surface area (Å²) in [4.78, 5) is 11.6. The van der Waals surface area contributed by atoms with Gasteiger partial charge in [0.15, 0.2) is 16.6 Å². The molecule has 0 saturated carbocycles. The van der Waals surface area contributed by atoms with Gasteiger partial charge >= 0.3 is 15.3 Å². The van der Waals surface area contributed by atoms with Crippen molar-refractivity contribution in [3.05, 3.63) is 12.2 Å². The fourth-order valence-electron chi connectivity index (χ4n) is 2.64. The maximum Gasteiger partial charge on any atom is 0.359 e. The maximum absolute atomic E-state index is 11.6. The Kier molecular flexibility index (Phi) is 9.97. The van der Waals surface area contributed by atoms with Crippen molar-refractivity contribution in [2.24, 2.45) is 5.92 Å². The van der Waals surface area contributed by atoms with Crippen molar-refractivity contribution in [3.63, 3.8) is 0 Å². The largest absolute Gasteiger partial charge is 0.462 e. The molecule has 0 N–H and O–H groups in total. The number of hydrogen-bond donors (Lipinski definition) is 0. The van der Waals surface area contributed by atoms with Crippen LogP contribution >= 0.6 is 0 Å². The number of ether oxygens (including phenoxy) is 1. The normalized spacial score (nSPS) is 14.1. The van der Waals surface area contributed by atoms with Gasteiger partial charge in [0.2, 0.25) is 0 Å². The van der Waals surface area contributed by atoms with E-state index in [4.69, 9.17) is 13.0 Å². The van der Waals surface area contributed by atoms with E-state index in [1.54, 1.807) is 6.92 Å². The Labute approximate surface area is 153 Å². The van der Waals surface area contributed by atoms with Gasteiger partial charge in [0.05, 0.1) is 6.61 Å². The van der Waals surface area contributed by atoms with Crippen LogP contribution in [-0.4, -0.2) is 38.5 Å². The second kappa shape index (κ2) is 10.1. The van der Waals surface area contributed by atoms with Gasteiger partial charge in [0.25, 0.3) is 0 Å². The smallest absolute Gasteiger partial charge is 0.359 e. The minimum absolute atomic E-state index is 0.305. The zero-order chi connectivity index (χ0) is 19.1. The molecule has 0 amide bonds. The number of esters is 1. The molecule has 0 saturated heterocycles. The first-order valence-electron chi connectivity index (χ1n) is 8.79. The van der Waals surface area contributed by atoms with E-state index in [9.17, 15) is 4.79 Å². The summed E-state index contributed by atoms with van der Waals surface area (Å²) in [5.41, 5.74) is 0.895. The summed E-state index contributed by atoms with van der Waals surface area (Å²) in [6.45, 7) is 23.4. The predicted octanol–water partition coefficient (Wildman–Crippen LogP) is 5.10. The highest BCUT2D eigenvalue weighted by Crippen LogP contribution is 2.34. The van der Waals surface area contributed by atoms with Crippen LogP contribution < -0.4 is 0 Å². The van der Waals surface area contributed by atoms with Gasteiger partial charge in [-0.15, -0.1) is 0 Å². The monoisotopic (exact) mass is 389 g/mol. The molecule has 0 rings (SSSR count). The summed E-state index contributed by atoms with van der Waals surface area (Å²) >= 11 is 0. The van der Waals surface area contributed by atoms with Crippen LogP contribution in [0.1, 0.15) is 33.6 Å². The van der Waals surface area contributed by atoms with Crippen LogP contribution in [0.3, 0.4) is 0 Å². The minimum atomic E-state index is -1.93. The first-order chi connectivity index (χ1) is 10.7. The van der Waals surface area contributed by atoms with Gasteiger partial charge in [-0.05, 0) is 70.5 Å². The second-order valence-electron chi connectivity index (χ2n) is 8.44. The lowest BCUT2D eigenvalue weighted by Gasteiger charge is -2.36. The second-order valence-corrected chi connectivity index (χ2v) is 19.3. The van der Waals surface area contributed by atoms with Gasteiger partial charge in [0, 0.05) is 5.57 Å². The Bertz CT molecular complexity index is 417. The Morgan fingerprint density at radius 3 is 2.08 bits per heavy atom. The highest BCUT2D eigenvalue weighted by Gasteiger charge is 2.37. The lowest BCUT2D eigenvalue weighted by molar-refractivity contribution is -0.139. The lowest BCUT2D eigenvalue weighted by Crippen LogP contribution is -2.46. The third-order valence-electron chi connectivity index (χ3n) is 3.64. The summed E-state index contributed by atoms with van der Waals surface area (Å²) in [7, 11) is -4.74. The number of rotatable bonds is 11. The molecule has 0 aromatic rings. The fraction of sp³-hybridized carbons (Fsp3) is 0.824. The van der Waals surface area contributed by atoms with Gasteiger partial charge < -0.3 is 13.0 Å². The van der Waals surface area contributed by atoms with Crippen LogP contribution in [0.4, 0.5) is 0 Å². The highest BCUT2D eigenvalue weighted by atomic mass is 28.4. The molecule has 4 nitrogen and oxygen atoms in total. The minimum Gasteiger partial charge on any atom is -0.462 e. The van der Waals surface area contributed by atoms with E-state index >= 15 is 0 Å². The van der Waals surface area contributed by atoms with Gasteiger partial charge in [-0.3, -0.25) is 0 Å². The zero-order valence-electron chi connectivity index (χ0n) is 17.1. The Hall–Kier alpha value is -0.219. The van der Waals surface area contributed by atoms with E-state index in [-0.39, 0.29) is 5.97 Å². The van der Waals surface area contributed by atoms with Gasteiger partial charge in [0.1, 0.15) is 0 Å². The van der Waals surface area contributed by atoms with Crippen molar-refractivity contribution in [2.75, 3.05) is 6.61 Å². The molecule has 0 heterocycles. The molecule has 24 heavy (non-hydrogen) atoms.